The lowest BCUT2D eigenvalue weighted by Crippen LogP contribution is -2.58. The van der Waals surface area contributed by atoms with Crippen molar-refractivity contribution in [1.29, 1.82) is 0 Å². The lowest BCUT2D eigenvalue weighted by atomic mass is 9.92. The highest BCUT2D eigenvalue weighted by Crippen LogP contribution is 2.23. The molecule has 0 amide bonds. The van der Waals surface area contributed by atoms with Gasteiger partial charge in [-0.2, -0.15) is 0 Å². The van der Waals surface area contributed by atoms with Crippen molar-refractivity contribution in [2.45, 2.75) is 108 Å². The number of aliphatic hydroxyl groups excluding tert-OH is 4. The number of aliphatic hydroxyl groups is 4. The summed E-state index contributed by atoms with van der Waals surface area (Å²) < 4.78 is 5.35. The van der Waals surface area contributed by atoms with Crippen molar-refractivity contribution in [3.63, 3.8) is 0 Å². The van der Waals surface area contributed by atoms with Crippen molar-refractivity contribution in [2.24, 2.45) is 0 Å². The van der Waals surface area contributed by atoms with Crippen molar-refractivity contribution >= 4 is 5.78 Å². The first-order valence-electron chi connectivity index (χ1n) is 10.5. The molecule has 1 aliphatic heterocycles. The van der Waals surface area contributed by atoms with E-state index in [0.717, 1.165) is 12.8 Å². The summed E-state index contributed by atoms with van der Waals surface area (Å²) in [7, 11) is 0. The van der Waals surface area contributed by atoms with Gasteiger partial charge in [0.25, 0.3) is 0 Å². The lowest BCUT2D eigenvalue weighted by Gasteiger charge is -2.39. The van der Waals surface area contributed by atoms with Crippen LogP contribution >= 0.6 is 0 Å². The molecule has 2 unspecified atom stereocenters. The predicted octanol–water partition coefficient (Wildman–Crippen LogP) is 2.27. The maximum absolute atomic E-state index is 12.1. The fourth-order valence-electron chi connectivity index (χ4n) is 3.38. The summed E-state index contributed by atoms with van der Waals surface area (Å²) in [6.07, 6.45) is 9.21. The highest BCUT2D eigenvalue weighted by Gasteiger charge is 2.43. The van der Waals surface area contributed by atoms with Gasteiger partial charge in [-0.15, -0.1) is 0 Å². The molecular weight excluding hydrogens is 348 g/mol. The molecule has 0 saturated carbocycles. The van der Waals surface area contributed by atoms with Crippen LogP contribution in [0.25, 0.3) is 0 Å². The van der Waals surface area contributed by atoms with Gasteiger partial charge in [0.05, 0.1) is 12.7 Å². The SMILES string of the molecule is CCCCCCCCCC/C=C/CC(=O)C[C@@H]1OC(CO)[C@@H](O)[C@H](O)C1O. The molecule has 0 aromatic rings. The Balaban J connectivity index is 2.15. The third kappa shape index (κ3) is 9.30. The quantitative estimate of drug-likeness (QED) is 0.269. The average molecular weight is 387 g/mol. The Labute approximate surface area is 163 Å². The molecule has 1 fully saturated rings. The number of rotatable bonds is 14. The summed E-state index contributed by atoms with van der Waals surface area (Å²) in [5.74, 6) is -0.105. The number of hydrogen-bond acceptors (Lipinski definition) is 6. The Morgan fingerprint density at radius 2 is 1.44 bits per heavy atom. The molecule has 6 nitrogen and oxygen atoms in total. The van der Waals surface area contributed by atoms with Crippen molar-refractivity contribution in [3.8, 4) is 0 Å². The molecule has 27 heavy (non-hydrogen) atoms. The molecule has 1 rings (SSSR count). The van der Waals surface area contributed by atoms with Gasteiger partial charge in [0.1, 0.15) is 30.2 Å². The predicted molar refractivity (Wildman–Crippen MR) is 104 cm³/mol. The molecule has 6 heteroatoms. The van der Waals surface area contributed by atoms with Crippen molar-refractivity contribution in [1.82, 2.24) is 0 Å². The zero-order chi connectivity index (χ0) is 20.1. The van der Waals surface area contributed by atoms with E-state index in [1.807, 2.05) is 12.2 Å². The molecule has 0 radical (unpaired) electrons. The second-order valence-electron chi connectivity index (χ2n) is 7.55. The summed E-state index contributed by atoms with van der Waals surface area (Å²) in [6, 6.07) is 0. The summed E-state index contributed by atoms with van der Waals surface area (Å²) in [4.78, 5) is 12.1. The highest BCUT2D eigenvalue weighted by molar-refractivity contribution is 5.80. The van der Waals surface area contributed by atoms with Gasteiger partial charge in [0, 0.05) is 12.8 Å². The first-order valence-corrected chi connectivity index (χ1v) is 10.5. The number of carbonyl (C=O) groups excluding carboxylic acids is 1. The highest BCUT2D eigenvalue weighted by atomic mass is 16.5. The Morgan fingerprint density at radius 1 is 0.852 bits per heavy atom. The monoisotopic (exact) mass is 386 g/mol. The summed E-state index contributed by atoms with van der Waals surface area (Å²) in [6.45, 7) is 1.75. The van der Waals surface area contributed by atoms with E-state index in [9.17, 15) is 20.1 Å². The van der Waals surface area contributed by atoms with Crippen LogP contribution in [0.3, 0.4) is 0 Å². The number of Topliss-reactive ketones (excluding diaryl/α,β-unsaturated/α-hetero) is 1. The van der Waals surface area contributed by atoms with Gasteiger partial charge in [-0.1, -0.05) is 64.0 Å². The van der Waals surface area contributed by atoms with E-state index >= 15 is 0 Å². The standard InChI is InChI=1S/C21H38O6/c1-2-3-4-5-6-7-8-9-10-11-12-13-16(23)14-17-19(24)21(26)20(25)18(15-22)27-17/h11-12,17-22,24-26H,2-10,13-15H2,1H3/b12-11+/t17-,18?,19?,20+,21+/m0/s1. The van der Waals surface area contributed by atoms with E-state index in [-0.39, 0.29) is 18.6 Å². The average Bonchev–Trinajstić information content (AvgIpc) is 2.66. The molecule has 1 saturated heterocycles. The van der Waals surface area contributed by atoms with E-state index in [4.69, 9.17) is 9.84 Å². The van der Waals surface area contributed by atoms with Crippen molar-refractivity contribution in [3.05, 3.63) is 12.2 Å². The topological polar surface area (TPSA) is 107 Å². The van der Waals surface area contributed by atoms with Crippen LogP contribution < -0.4 is 0 Å². The minimum absolute atomic E-state index is 0.0520. The van der Waals surface area contributed by atoms with E-state index < -0.39 is 37.1 Å². The first-order chi connectivity index (χ1) is 13.0. The van der Waals surface area contributed by atoms with Crippen LogP contribution in [0, 0.1) is 0 Å². The van der Waals surface area contributed by atoms with Crippen molar-refractivity contribution < 1.29 is 30.0 Å². The third-order valence-electron chi connectivity index (χ3n) is 5.16. The van der Waals surface area contributed by atoms with Gasteiger partial charge >= 0.3 is 0 Å². The molecular formula is C21H38O6. The second-order valence-corrected chi connectivity index (χ2v) is 7.55. The van der Waals surface area contributed by atoms with Crippen LogP contribution in [0.2, 0.25) is 0 Å². The number of ketones is 1. The molecule has 0 spiro atoms. The van der Waals surface area contributed by atoms with Crippen LogP contribution in [0.5, 0.6) is 0 Å². The van der Waals surface area contributed by atoms with Crippen LogP contribution in [0.15, 0.2) is 12.2 Å². The van der Waals surface area contributed by atoms with Gasteiger partial charge in [0.2, 0.25) is 0 Å². The summed E-state index contributed by atoms with van der Waals surface area (Å²) in [5.41, 5.74) is 0. The van der Waals surface area contributed by atoms with Gasteiger partial charge in [0.15, 0.2) is 0 Å². The zero-order valence-electron chi connectivity index (χ0n) is 16.6. The van der Waals surface area contributed by atoms with Crippen LogP contribution in [0.4, 0.5) is 0 Å². The van der Waals surface area contributed by atoms with E-state index in [1.165, 1.54) is 44.9 Å². The lowest BCUT2D eigenvalue weighted by molar-refractivity contribution is -0.229. The fourth-order valence-corrected chi connectivity index (χ4v) is 3.38. The van der Waals surface area contributed by atoms with E-state index in [2.05, 4.69) is 6.92 Å². The summed E-state index contributed by atoms with van der Waals surface area (Å²) in [5, 5.41) is 38.6. The molecule has 1 heterocycles. The smallest absolute Gasteiger partial charge is 0.139 e. The molecule has 0 aliphatic carbocycles. The van der Waals surface area contributed by atoms with Gasteiger partial charge < -0.3 is 25.2 Å². The molecule has 4 N–H and O–H groups in total. The third-order valence-corrected chi connectivity index (χ3v) is 5.16. The van der Waals surface area contributed by atoms with E-state index in [1.54, 1.807) is 0 Å². The first kappa shape index (κ1) is 24.2. The number of allylic oxidation sites excluding steroid dienone is 2. The molecule has 0 aromatic carbocycles. The molecule has 0 aromatic heterocycles. The minimum atomic E-state index is -1.42. The largest absolute Gasteiger partial charge is 0.394 e. The molecule has 158 valence electrons. The maximum Gasteiger partial charge on any atom is 0.139 e. The molecule has 0 bridgehead atoms. The Bertz CT molecular complexity index is 423. The number of hydrogen-bond donors (Lipinski definition) is 4. The number of ether oxygens (including phenoxy) is 1. The van der Waals surface area contributed by atoms with Gasteiger partial charge in [-0.25, -0.2) is 0 Å². The molecule has 5 atom stereocenters. The van der Waals surface area contributed by atoms with Crippen molar-refractivity contribution in [2.75, 3.05) is 6.61 Å². The number of carbonyl (C=O) groups is 1. The fraction of sp³-hybridized carbons (Fsp3) is 0.857. The Morgan fingerprint density at radius 3 is 2.07 bits per heavy atom. The van der Waals surface area contributed by atoms with Crippen LogP contribution in [-0.2, 0) is 9.53 Å². The zero-order valence-corrected chi connectivity index (χ0v) is 16.6. The van der Waals surface area contributed by atoms with Gasteiger partial charge in [-0.3, -0.25) is 4.79 Å². The molecule has 1 aliphatic rings. The minimum Gasteiger partial charge on any atom is -0.394 e. The summed E-state index contributed by atoms with van der Waals surface area (Å²) >= 11 is 0. The second kappa shape index (κ2) is 14.2. The Kier molecular flexibility index (Phi) is 12.8. The van der Waals surface area contributed by atoms with E-state index in [0.29, 0.717) is 0 Å². The van der Waals surface area contributed by atoms with Gasteiger partial charge in [-0.05, 0) is 12.8 Å². The van der Waals surface area contributed by atoms with Crippen LogP contribution in [-0.4, -0.2) is 63.3 Å². The van der Waals surface area contributed by atoms with Crippen LogP contribution in [0.1, 0.15) is 77.6 Å². The normalized spacial score (nSPS) is 28.7. The Hall–Kier alpha value is -0.790. The maximum atomic E-state index is 12.1. The number of unbranched alkanes of at least 4 members (excludes halogenated alkanes) is 8.